The molecule has 0 radical (unpaired) electrons. The van der Waals surface area contributed by atoms with Gasteiger partial charge in [0, 0.05) is 5.25 Å². The number of aryl methyl sites for hydroxylation is 1. The van der Waals surface area contributed by atoms with Crippen molar-refractivity contribution in [2.24, 2.45) is 0 Å². The van der Waals surface area contributed by atoms with E-state index >= 15 is 0 Å². The molecule has 0 aliphatic rings. The van der Waals surface area contributed by atoms with E-state index in [1.54, 1.807) is 23.1 Å². The normalized spacial score (nSPS) is 15.7. The van der Waals surface area contributed by atoms with E-state index in [4.69, 9.17) is 4.74 Å². The molecular formula is C13H23N3O2S2. The second kappa shape index (κ2) is 7.95. The van der Waals surface area contributed by atoms with Gasteiger partial charge in [0.15, 0.2) is 4.34 Å². The predicted octanol–water partition coefficient (Wildman–Crippen LogP) is 2.65. The van der Waals surface area contributed by atoms with Gasteiger partial charge in [-0.15, -0.1) is 10.2 Å². The van der Waals surface area contributed by atoms with Gasteiger partial charge in [-0.2, -0.15) is 0 Å². The van der Waals surface area contributed by atoms with E-state index in [1.807, 2.05) is 27.7 Å². The minimum absolute atomic E-state index is 0.192. The molecule has 0 spiro atoms. The summed E-state index contributed by atoms with van der Waals surface area (Å²) >= 11 is 3.23. The Morgan fingerprint density at radius 1 is 1.50 bits per heavy atom. The fourth-order valence-corrected chi connectivity index (χ4v) is 4.33. The summed E-state index contributed by atoms with van der Waals surface area (Å²) < 4.78 is 6.12. The number of likely N-dealkylation sites (N-methyl/N-ethyl adjacent to an activating group) is 1. The van der Waals surface area contributed by atoms with E-state index in [1.165, 1.54) is 0 Å². The third-order valence-corrected chi connectivity index (χ3v) is 4.82. The summed E-state index contributed by atoms with van der Waals surface area (Å²) in [5.41, 5.74) is -0.656. The summed E-state index contributed by atoms with van der Waals surface area (Å²) in [6, 6.07) is 0. The second-order valence-corrected chi connectivity index (χ2v) is 7.67. The Morgan fingerprint density at radius 2 is 2.20 bits per heavy atom. The number of aromatic nitrogens is 2. The monoisotopic (exact) mass is 317 g/mol. The summed E-state index contributed by atoms with van der Waals surface area (Å²) in [4.78, 5) is 12.1. The Labute approximate surface area is 128 Å². The quantitative estimate of drug-likeness (QED) is 0.587. The van der Waals surface area contributed by atoms with Gasteiger partial charge >= 0.3 is 5.97 Å². The Morgan fingerprint density at radius 3 is 2.70 bits per heavy atom. The van der Waals surface area contributed by atoms with Gasteiger partial charge in [0.2, 0.25) is 0 Å². The first-order valence-corrected chi connectivity index (χ1v) is 8.50. The lowest BCUT2D eigenvalue weighted by molar-refractivity contribution is -0.150. The van der Waals surface area contributed by atoms with Gasteiger partial charge in [0.05, 0.1) is 6.61 Å². The molecule has 7 heteroatoms. The van der Waals surface area contributed by atoms with E-state index < -0.39 is 5.54 Å². The van der Waals surface area contributed by atoms with E-state index in [0.717, 1.165) is 15.9 Å². The lowest BCUT2D eigenvalue weighted by atomic mass is 9.96. The number of hydrogen-bond donors (Lipinski definition) is 1. The third-order valence-electron chi connectivity index (χ3n) is 2.80. The van der Waals surface area contributed by atoms with Gasteiger partial charge < -0.3 is 10.1 Å². The number of rotatable bonds is 8. The van der Waals surface area contributed by atoms with Crippen LogP contribution in [0, 0.1) is 6.92 Å². The van der Waals surface area contributed by atoms with E-state index in [2.05, 4.69) is 22.4 Å². The zero-order valence-electron chi connectivity index (χ0n) is 12.7. The Hall–Kier alpha value is -0.660. The number of hydrogen-bond acceptors (Lipinski definition) is 7. The molecular weight excluding hydrogens is 294 g/mol. The van der Waals surface area contributed by atoms with Crippen molar-refractivity contribution in [1.29, 1.82) is 0 Å². The molecule has 1 aromatic heterocycles. The highest BCUT2D eigenvalue weighted by atomic mass is 32.2. The topological polar surface area (TPSA) is 64.1 Å². The number of nitrogens with zero attached hydrogens (tertiary/aromatic N) is 2. The summed E-state index contributed by atoms with van der Waals surface area (Å²) in [5.74, 6) is -0.192. The number of thioether (sulfide) groups is 1. The van der Waals surface area contributed by atoms with Crippen LogP contribution >= 0.6 is 23.1 Å². The number of nitrogens with one attached hydrogen (secondary N) is 1. The fourth-order valence-electron chi connectivity index (χ4n) is 2.02. The van der Waals surface area contributed by atoms with Crippen LogP contribution in [0.15, 0.2) is 4.34 Å². The number of carbonyl (C=O) groups excluding carboxylic acids is 1. The van der Waals surface area contributed by atoms with Crippen molar-refractivity contribution >= 4 is 29.1 Å². The SMILES string of the molecule is CCNC(C)(CC(C)Sc1nnc(C)s1)C(=O)OCC. The van der Waals surface area contributed by atoms with Crippen LogP contribution in [0.25, 0.3) is 0 Å². The van der Waals surface area contributed by atoms with Crippen LogP contribution in [-0.2, 0) is 9.53 Å². The zero-order chi connectivity index (χ0) is 15.2. The van der Waals surface area contributed by atoms with E-state index in [9.17, 15) is 4.79 Å². The molecule has 1 N–H and O–H groups in total. The minimum atomic E-state index is -0.656. The maximum absolute atomic E-state index is 12.1. The van der Waals surface area contributed by atoms with E-state index in [0.29, 0.717) is 13.0 Å². The summed E-state index contributed by atoms with van der Waals surface area (Å²) in [6.07, 6.45) is 0.683. The summed E-state index contributed by atoms with van der Waals surface area (Å²) in [5, 5.41) is 12.6. The summed E-state index contributed by atoms with van der Waals surface area (Å²) in [7, 11) is 0. The van der Waals surface area contributed by atoms with Crippen LogP contribution < -0.4 is 5.32 Å². The maximum atomic E-state index is 12.1. The molecule has 0 aromatic carbocycles. The third kappa shape index (κ3) is 5.03. The Bertz CT molecular complexity index is 439. The highest BCUT2D eigenvalue weighted by Crippen LogP contribution is 2.31. The Kier molecular flexibility index (Phi) is 6.91. The first-order chi connectivity index (χ1) is 9.41. The molecule has 0 saturated heterocycles. The molecule has 0 fully saturated rings. The van der Waals surface area contributed by atoms with Crippen molar-refractivity contribution in [1.82, 2.24) is 15.5 Å². The zero-order valence-corrected chi connectivity index (χ0v) is 14.4. The van der Waals surface area contributed by atoms with Crippen LogP contribution in [-0.4, -0.2) is 40.1 Å². The molecule has 2 atom stereocenters. The standard InChI is InChI=1S/C13H23N3O2S2/c1-6-14-13(5,11(17)18-7-2)8-9(3)19-12-16-15-10(4)20-12/h9,14H,6-8H2,1-5H3. The molecule has 20 heavy (non-hydrogen) atoms. The average Bonchev–Trinajstić information content (AvgIpc) is 2.74. The van der Waals surface area contributed by atoms with Gasteiger partial charge in [-0.25, -0.2) is 0 Å². The van der Waals surface area contributed by atoms with Crippen molar-refractivity contribution in [3.05, 3.63) is 5.01 Å². The molecule has 0 amide bonds. The summed E-state index contributed by atoms with van der Waals surface area (Å²) in [6.45, 7) is 10.9. The number of carbonyl (C=O) groups is 1. The van der Waals surface area contributed by atoms with Crippen molar-refractivity contribution in [2.45, 2.75) is 56.2 Å². The van der Waals surface area contributed by atoms with Crippen molar-refractivity contribution in [2.75, 3.05) is 13.2 Å². The van der Waals surface area contributed by atoms with Crippen LogP contribution in [0.4, 0.5) is 0 Å². The molecule has 1 aromatic rings. The van der Waals surface area contributed by atoms with Crippen LogP contribution in [0.1, 0.15) is 39.1 Å². The fraction of sp³-hybridized carbons (Fsp3) is 0.769. The maximum Gasteiger partial charge on any atom is 0.326 e. The van der Waals surface area contributed by atoms with Gasteiger partial charge in [-0.3, -0.25) is 4.79 Å². The van der Waals surface area contributed by atoms with Gasteiger partial charge in [0.25, 0.3) is 0 Å². The highest BCUT2D eigenvalue weighted by molar-refractivity contribution is 8.01. The van der Waals surface area contributed by atoms with Gasteiger partial charge in [-0.1, -0.05) is 36.9 Å². The van der Waals surface area contributed by atoms with Crippen molar-refractivity contribution in [3.8, 4) is 0 Å². The molecule has 2 unspecified atom stereocenters. The van der Waals surface area contributed by atoms with Gasteiger partial charge in [-0.05, 0) is 33.7 Å². The van der Waals surface area contributed by atoms with Crippen LogP contribution in [0.5, 0.6) is 0 Å². The largest absolute Gasteiger partial charge is 0.465 e. The van der Waals surface area contributed by atoms with E-state index in [-0.39, 0.29) is 11.2 Å². The molecule has 0 saturated carbocycles. The molecule has 0 aliphatic carbocycles. The van der Waals surface area contributed by atoms with Crippen LogP contribution in [0.3, 0.4) is 0 Å². The van der Waals surface area contributed by atoms with Gasteiger partial charge in [0.1, 0.15) is 10.5 Å². The van der Waals surface area contributed by atoms with Crippen molar-refractivity contribution < 1.29 is 9.53 Å². The first kappa shape index (κ1) is 17.4. The van der Waals surface area contributed by atoms with Crippen LogP contribution in [0.2, 0.25) is 0 Å². The molecule has 1 rings (SSSR count). The smallest absolute Gasteiger partial charge is 0.326 e. The Balaban J connectivity index is 2.66. The highest BCUT2D eigenvalue weighted by Gasteiger charge is 2.35. The molecule has 114 valence electrons. The predicted molar refractivity (Wildman–Crippen MR) is 83.3 cm³/mol. The minimum Gasteiger partial charge on any atom is -0.465 e. The number of ether oxygens (including phenoxy) is 1. The number of esters is 1. The lowest BCUT2D eigenvalue weighted by Crippen LogP contribution is -2.51. The molecule has 0 aliphatic heterocycles. The molecule has 0 bridgehead atoms. The van der Waals surface area contributed by atoms with Crippen molar-refractivity contribution in [3.63, 3.8) is 0 Å². The molecule has 5 nitrogen and oxygen atoms in total. The first-order valence-electron chi connectivity index (χ1n) is 6.80. The average molecular weight is 317 g/mol. The molecule has 1 heterocycles. The second-order valence-electron chi connectivity index (χ2n) is 4.80. The lowest BCUT2D eigenvalue weighted by Gasteiger charge is -2.30.